The molecule has 0 aliphatic carbocycles. The number of hydrogen-bond donors (Lipinski definition) is 2. The molecule has 0 bridgehead atoms. The Morgan fingerprint density at radius 2 is 1.91 bits per heavy atom. The molecule has 2 heterocycles. The van der Waals surface area contributed by atoms with Gasteiger partial charge in [0.05, 0.1) is 40.4 Å². The van der Waals surface area contributed by atoms with Gasteiger partial charge in [-0.15, -0.1) is 0 Å². The van der Waals surface area contributed by atoms with E-state index in [1.807, 2.05) is 32.0 Å². The summed E-state index contributed by atoms with van der Waals surface area (Å²) in [6.45, 7) is 3.81. The number of methoxy groups -OCH3 is 1. The van der Waals surface area contributed by atoms with Gasteiger partial charge in [0.2, 0.25) is 0 Å². The Morgan fingerprint density at radius 1 is 1.16 bits per heavy atom. The Morgan fingerprint density at radius 3 is 2.59 bits per heavy atom. The fraction of sp³-hybridized carbons (Fsp3) is 0.208. The van der Waals surface area contributed by atoms with Crippen molar-refractivity contribution < 1.29 is 18.8 Å². The number of aryl methyl sites for hydroxylation is 1. The molecule has 0 spiro atoms. The van der Waals surface area contributed by atoms with E-state index in [-0.39, 0.29) is 5.75 Å². The van der Waals surface area contributed by atoms with Gasteiger partial charge in [0.1, 0.15) is 11.7 Å². The molecule has 2 aromatic heterocycles. The van der Waals surface area contributed by atoms with Gasteiger partial charge in [-0.05, 0) is 37.1 Å². The molecule has 8 heteroatoms. The SMILES string of the molecule is COc1c(C)cnc(CS(=O)c2nc3ccc(C(C(=O)O)c4ccccc4)cc3[nH]2)c1C. The Kier molecular flexibility index (Phi) is 6.05. The summed E-state index contributed by atoms with van der Waals surface area (Å²) in [5.41, 5.74) is 5.03. The topological polar surface area (TPSA) is 105 Å². The second-order valence-electron chi connectivity index (χ2n) is 7.54. The van der Waals surface area contributed by atoms with E-state index in [4.69, 9.17) is 4.74 Å². The van der Waals surface area contributed by atoms with Crippen LogP contribution in [-0.2, 0) is 21.3 Å². The Bertz CT molecular complexity index is 1320. The number of hydrogen-bond acceptors (Lipinski definition) is 5. The first-order valence-electron chi connectivity index (χ1n) is 10.0. The molecule has 0 saturated carbocycles. The molecule has 2 unspecified atom stereocenters. The monoisotopic (exact) mass is 449 g/mol. The average Bonchev–Trinajstić information content (AvgIpc) is 3.20. The largest absolute Gasteiger partial charge is 0.496 e. The minimum atomic E-state index is -1.46. The molecule has 7 nitrogen and oxygen atoms in total. The van der Waals surface area contributed by atoms with Crippen LogP contribution in [0.15, 0.2) is 59.9 Å². The lowest BCUT2D eigenvalue weighted by atomic mass is 9.91. The van der Waals surface area contributed by atoms with Crippen LogP contribution >= 0.6 is 0 Å². The van der Waals surface area contributed by atoms with Gasteiger partial charge < -0.3 is 14.8 Å². The van der Waals surface area contributed by atoms with E-state index in [9.17, 15) is 14.1 Å². The number of carboxylic acid groups (broad SMARTS) is 1. The number of nitrogens with zero attached hydrogens (tertiary/aromatic N) is 2. The number of nitrogens with one attached hydrogen (secondary N) is 1. The number of fused-ring (bicyclic) bond motifs is 1. The number of aromatic amines is 1. The summed E-state index contributed by atoms with van der Waals surface area (Å²) < 4.78 is 18.4. The average molecular weight is 450 g/mol. The molecule has 0 radical (unpaired) electrons. The number of aliphatic carboxylic acids is 1. The number of aromatic nitrogens is 3. The number of carboxylic acids is 1. The van der Waals surface area contributed by atoms with E-state index < -0.39 is 22.7 Å². The third-order valence-corrected chi connectivity index (χ3v) is 6.59. The first-order chi connectivity index (χ1) is 15.4. The molecule has 2 N–H and O–H groups in total. The second kappa shape index (κ2) is 8.92. The number of H-pyrrole nitrogens is 1. The zero-order chi connectivity index (χ0) is 22.8. The number of benzene rings is 2. The maximum atomic E-state index is 13.0. The number of pyridine rings is 1. The molecule has 0 fully saturated rings. The van der Waals surface area contributed by atoms with Crippen molar-refractivity contribution in [3.8, 4) is 5.75 Å². The highest BCUT2D eigenvalue weighted by molar-refractivity contribution is 7.84. The van der Waals surface area contributed by atoms with E-state index in [2.05, 4.69) is 15.0 Å². The summed E-state index contributed by atoms with van der Waals surface area (Å²) in [5.74, 6) is -0.808. The Balaban J connectivity index is 1.65. The molecule has 4 rings (SSSR count). The number of ether oxygens (including phenoxy) is 1. The fourth-order valence-corrected chi connectivity index (χ4v) is 4.92. The Labute approximate surface area is 188 Å². The summed E-state index contributed by atoms with van der Waals surface area (Å²) >= 11 is 0. The lowest BCUT2D eigenvalue weighted by Gasteiger charge is -2.13. The minimum absolute atomic E-state index is 0.191. The third-order valence-electron chi connectivity index (χ3n) is 5.43. The van der Waals surface area contributed by atoms with Crippen molar-refractivity contribution in [3.63, 3.8) is 0 Å². The van der Waals surface area contributed by atoms with Gasteiger partial charge in [-0.25, -0.2) is 4.98 Å². The van der Waals surface area contributed by atoms with Crippen LogP contribution in [0.4, 0.5) is 0 Å². The molecule has 32 heavy (non-hydrogen) atoms. The van der Waals surface area contributed by atoms with Crippen molar-refractivity contribution in [2.45, 2.75) is 30.7 Å². The second-order valence-corrected chi connectivity index (χ2v) is 8.90. The summed E-state index contributed by atoms with van der Waals surface area (Å²) in [6.07, 6.45) is 1.71. The van der Waals surface area contributed by atoms with Crippen molar-refractivity contribution >= 4 is 27.8 Å². The van der Waals surface area contributed by atoms with Crippen molar-refractivity contribution in [1.29, 1.82) is 0 Å². The molecule has 4 aromatic rings. The maximum absolute atomic E-state index is 13.0. The highest BCUT2D eigenvalue weighted by Crippen LogP contribution is 2.29. The van der Waals surface area contributed by atoms with Gasteiger partial charge in [-0.3, -0.25) is 14.0 Å². The van der Waals surface area contributed by atoms with E-state index >= 15 is 0 Å². The van der Waals surface area contributed by atoms with Crippen LogP contribution in [0.2, 0.25) is 0 Å². The van der Waals surface area contributed by atoms with E-state index in [0.717, 1.165) is 16.9 Å². The first kappa shape index (κ1) is 21.7. The lowest BCUT2D eigenvalue weighted by molar-refractivity contribution is -0.137. The van der Waals surface area contributed by atoms with Gasteiger partial charge in [-0.1, -0.05) is 36.4 Å². The van der Waals surface area contributed by atoms with Crippen LogP contribution in [0, 0.1) is 13.8 Å². The molecular formula is C24H23N3O4S. The predicted molar refractivity (Wildman–Crippen MR) is 122 cm³/mol. The van der Waals surface area contributed by atoms with E-state index in [1.165, 1.54) is 0 Å². The van der Waals surface area contributed by atoms with Crippen LogP contribution in [0.5, 0.6) is 5.75 Å². The molecule has 164 valence electrons. The molecule has 0 aliphatic heterocycles. The molecule has 2 aromatic carbocycles. The molecule has 0 saturated heterocycles. The smallest absolute Gasteiger partial charge is 0.315 e. The van der Waals surface area contributed by atoms with Gasteiger partial charge in [0.25, 0.3) is 0 Å². The van der Waals surface area contributed by atoms with Gasteiger partial charge in [0, 0.05) is 17.3 Å². The summed E-state index contributed by atoms with van der Waals surface area (Å²) in [4.78, 5) is 23.9. The number of imidazole rings is 1. The quantitative estimate of drug-likeness (QED) is 0.440. The third kappa shape index (κ3) is 4.13. The summed E-state index contributed by atoms with van der Waals surface area (Å²) in [6, 6.07) is 14.3. The van der Waals surface area contributed by atoms with Crippen molar-refractivity contribution in [2.75, 3.05) is 7.11 Å². The minimum Gasteiger partial charge on any atom is -0.496 e. The Hall–Kier alpha value is -3.52. The fourth-order valence-electron chi connectivity index (χ4n) is 3.82. The van der Waals surface area contributed by atoms with Crippen LogP contribution in [0.25, 0.3) is 11.0 Å². The van der Waals surface area contributed by atoms with Crippen molar-refractivity contribution in [2.24, 2.45) is 0 Å². The highest BCUT2D eigenvalue weighted by Gasteiger charge is 2.23. The van der Waals surface area contributed by atoms with E-state index in [1.54, 1.807) is 43.6 Å². The number of rotatable bonds is 7. The van der Waals surface area contributed by atoms with Gasteiger partial charge in [0.15, 0.2) is 5.16 Å². The summed E-state index contributed by atoms with van der Waals surface area (Å²) in [7, 11) is 0.147. The van der Waals surface area contributed by atoms with E-state index in [0.29, 0.717) is 33.0 Å². The number of carbonyl (C=O) groups is 1. The molecule has 0 aliphatic rings. The van der Waals surface area contributed by atoms with Crippen LogP contribution in [0.1, 0.15) is 33.9 Å². The zero-order valence-corrected chi connectivity index (χ0v) is 18.8. The molecule has 0 amide bonds. The predicted octanol–water partition coefficient (Wildman–Crippen LogP) is 4.11. The molecular weight excluding hydrogens is 426 g/mol. The normalized spacial score (nSPS) is 13.1. The van der Waals surface area contributed by atoms with Crippen LogP contribution < -0.4 is 4.74 Å². The maximum Gasteiger partial charge on any atom is 0.315 e. The van der Waals surface area contributed by atoms with Crippen molar-refractivity contribution in [3.05, 3.63) is 82.7 Å². The summed E-state index contributed by atoms with van der Waals surface area (Å²) in [5, 5.41) is 10.1. The van der Waals surface area contributed by atoms with Gasteiger partial charge in [-0.2, -0.15) is 0 Å². The van der Waals surface area contributed by atoms with Gasteiger partial charge >= 0.3 is 5.97 Å². The lowest BCUT2D eigenvalue weighted by Crippen LogP contribution is -2.12. The van der Waals surface area contributed by atoms with Crippen molar-refractivity contribution in [1.82, 2.24) is 15.0 Å². The van der Waals surface area contributed by atoms with Crippen LogP contribution in [0.3, 0.4) is 0 Å². The van der Waals surface area contributed by atoms with Crippen LogP contribution in [-0.4, -0.2) is 37.3 Å². The molecule has 2 atom stereocenters. The standard InChI is InChI=1S/C24H23N3O4S/c1-14-12-25-20(15(2)22(14)31-3)13-32(30)24-26-18-10-9-17(11-19(18)27-24)21(23(28)29)16-7-5-4-6-8-16/h4-12,21H,13H2,1-3H3,(H,26,27)(H,28,29). The highest BCUT2D eigenvalue weighted by atomic mass is 32.2. The zero-order valence-electron chi connectivity index (χ0n) is 18.0. The first-order valence-corrected chi connectivity index (χ1v) is 11.4.